The standard InChI is InChI=1S/C18H32N2O4S/c1-17(2)14-3-4-18(17,15(11-14)16-12-19-5-8-24-16)13-25(21,22)20-6-9-23-10-7-20/h14-16,19H,3-13H2,1-2H3/t14-,15+,16?,18-/m0/s1. The molecule has 0 spiro atoms. The number of hydrogen-bond donors (Lipinski definition) is 1. The SMILES string of the molecule is CC1(C)[C@H]2CC[C@]1(CS(=O)(=O)N1CCOCC1)[C@@H](C1CNCCO1)C2. The Hall–Kier alpha value is -0.210. The molecule has 144 valence electrons. The Morgan fingerprint density at radius 2 is 1.96 bits per heavy atom. The van der Waals surface area contributed by atoms with E-state index in [1.807, 2.05) is 0 Å². The maximum absolute atomic E-state index is 13.3. The summed E-state index contributed by atoms with van der Waals surface area (Å²) in [7, 11) is -3.28. The van der Waals surface area contributed by atoms with E-state index in [-0.39, 0.29) is 22.7 Å². The van der Waals surface area contributed by atoms with Gasteiger partial charge >= 0.3 is 0 Å². The van der Waals surface area contributed by atoms with E-state index in [1.165, 1.54) is 0 Å². The lowest BCUT2D eigenvalue weighted by atomic mass is 9.65. The minimum Gasteiger partial charge on any atom is -0.379 e. The zero-order valence-corrected chi connectivity index (χ0v) is 16.3. The summed E-state index contributed by atoms with van der Waals surface area (Å²) in [4.78, 5) is 0. The van der Waals surface area contributed by atoms with Crippen LogP contribution in [0.3, 0.4) is 0 Å². The Morgan fingerprint density at radius 1 is 1.20 bits per heavy atom. The van der Waals surface area contributed by atoms with Crippen LogP contribution in [0, 0.1) is 22.7 Å². The molecule has 2 saturated carbocycles. The average molecular weight is 373 g/mol. The van der Waals surface area contributed by atoms with Crippen molar-refractivity contribution in [1.29, 1.82) is 0 Å². The fraction of sp³-hybridized carbons (Fsp3) is 1.00. The maximum atomic E-state index is 13.3. The van der Waals surface area contributed by atoms with Gasteiger partial charge in [0.2, 0.25) is 10.0 Å². The number of morpholine rings is 2. The Labute approximate surface area is 151 Å². The smallest absolute Gasteiger partial charge is 0.214 e. The van der Waals surface area contributed by atoms with Crippen LogP contribution in [-0.2, 0) is 19.5 Å². The molecule has 0 aromatic rings. The van der Waals surface area contributed by atoms with Gasteiger partial charge in [-0.2, -0.15) is 4.31 Å². The van der Waals surface area contributed by atoms with Crippen LogP contribution in [-0.4, -0.2) is 70.6 Å². The van der Waals surface area contributed by atoms with Crippen LogP contribution in [0.1, 0.15) is 33.1 Å². The van der Waals surface area contributed by atoms with Gasteiger partial charge in [-0.25, -0.2) is 8.42 Å². The topological polar surface area (TPSA) is 67.9 Å². The summed E-state index contributed by atoms with van der Waals surface area (Å²) in [5.41, 5.74) is -0.115. The highest BCUT2D eigenvalue weighted by Crippen LogP contribution is 2.69. The van der Waals surface area contributed by atoms with E-state index < -0.39 is 10.0 Å². The van der Waals surface area contributed by atoms with Crippen LogP contribution in [0.4, 0.5) is 0 Å². The highest BCUT2D eigenvalue weighted by Gasteiger charge is 2.66. The molecule has 25 heavy (non-hydrogen) atoms. The van der Waals surface area contributed by atoms with Crippen LogP contribution in [0.25, 0.3) is 0 Å². The minimum absolute atomic E-state index is 0.0534. The van der Waals surface area contributed by atoms with E-state index in [1.54, 1.807) is 4.31 Å². The molecule has 2 bridgehead atoms. The first kappa shape index (κ1) is 18.2. The van der Waals surface area contributed by atoms with E-state index >= 15 is 0 Å². The van der Waals surface area contributed by atoms with Crippen molar-refractivity contribution in [3.8, 4) is 0 Å². The number of hydrogen-bond acceptors (Lipinski definition) is 5. The molecule has 4 atom stereocenters. The molecule has 0 aromatic carbocycles. The van der Waals surface area contributed by atoms with Gasteiger partial charge in [0.1, 0.15) is 0 Å². The third kappa shape index (κ3) is 2.87. The molecule has 0 aromatic heterocycles. The average Bonchev–Trinajstić information content (AvgIpc) is 2.97. The monoisotopic (exact) mass is 372 g/mol. The van der Waals surface area contributed by atoms with Crippen molar-refractivity contribution in [3.63, 3.8) is 0 Å². The highest BCUT2D eigenvalue weighted by atomic mass is 32.2. The van der Waals surface area contributed by atoms with Crippen molar-refractivity contribution in [3.05, 3.63) is 0 Å². The van der Waals surface area contributed by atoms with Crippen molar-refractivity contribution in [1.82, 2.24) is 9.62 Å². The summed E-state index contributed by atoms with van der Waals surface area (Å²) in [6.07, 6.45) is 3.43. The predicted molar refractivity (Wildman–Crippen MR) is 95.8 cm³/mol. The number of nitrogens with zero attached hydrogens (tertiary/aromatic N) is 1. The fourth-order valence-electron chi connectivity index (χ4n) is 6.09. The lowest BCUT2D eigenvalue weighted by molar-refractivity contribution is -0.0569. The third-order valence-corrected chi connectivity index (χ3v) is 9.73. The minimum atomic E-state index is -3.28. The second kappa shape index (κ2) is 6.44. The van der Waals surface area contributed by atoms with Crippen molar-refractivity contribution in [2.75, 3.05) is 51.8 Å². The molecule has 4 aliphatic rings. The van der Waals surface area contributed by atoms with Gasteiger partial charge in [-0.15, -0.1) is 0 Å². The molecule has 6 nitrogen and oxygen atoms in total. The number of fused-ring (bicyclic) bond motifs is 2. The summed E-state index contributed by atoms with van der Waals surface area (Å²) < 4.78 is 39.6. The zero-order chi connectivity index (χ0) is 17.7. The summed E-state index contributed by atoms with van der Waals surface area (Å²) in [5.74, 6) is 1.22. The molecular formula is C18H32N2O4S. The molecule has 7 heteroatoms. The predicted octanol–water partition coefficient (Wildman–Crippen LogP) is 1.08. The van der Waals surface area contributed by atoms with E-state index in [0.29, 0.717) is 38.1 Å². The van der Waals surface area contributed by atoms with Gasteiger partial charge in [-0.3, -0.25) is 0 Å². The summed E-state index contributed by atoms with van der Waals surface area (Å²) in [5, 5.41) is 3.44. The maximum Gasteiger partial charge on any atom is 0.214 e. The number of rotatable bonds is 4. The summed E-state index contributed by atoms with van der Waals surface area (Å²) >= 11 is 0. The lowest BCUT2D eigenvalue weighted by Gasteiger charge is -2.46. The molecule has 2 aliphatic carbocycles. The molecule has 1 unspecified atom stereocenters. The van der Waals surface area contributed by atoms with Gasteiger partial charge in [-0.05, 0) is 41.9 Å². The van der Waals surface area contributed by atoms with Crippen LogP contribution in [0.15, 0.2) is 0 Å². The Balaban J connectivity index is 1.62. The Bertz CT molecular complexity index is 596. The second-order valence-electron chi connectivity index (χ2n) is 8.84. The summed E-state index contributed by atoms with van der Waals surface area (Å²) in [6.45, 7) is 9.10. The normalized spacial score (nSPS) is 41.9. The molecule has 0 amide bonds. The van der Waals surface area contributed by atoms with Crippen molar-refractivity contribution in [2.45, 2.75) is 39.2 Å². The second-order valence-corrected chi connectivity index (χ2v) is 10.8. The van der Waals surface area contributed by atoms with Crippen LogP contribution in [0.5, 0.6) is 0 Å². The first-order chi connectivity index (χ1) is 11.9. The van der Waals surface area contributed by atoms with Gasteiger partial charge in [0.25, 0.3) is 0 Å². The number of ether oxygens (including phenoxy) is 2. The molecule has 4 fully saturated rings. The molecule has 1 N–H and O–H groups in total. The lowest BCUT2D eigenvalue weighted by Crippen LogP contribution is -2.53. The van der Waals surface area contributed by atoms with E-state index in [4.69, 9.17) is 9.47 Å². The highest BCUT2D eigenvalue weighted by molar-refractivity contribution is 7.89. The van der Waals surface area contributed by atoms with E-state index in [0.717, 1.165) is 39.0 Å². The van der Waals surface area contributed by atoms with E-state index in [2.05, 4.69) is 19.2 Å². The molecule has 4 rings (SSSR count). The molecule has 0 radical (unpaired) electrons. The molecular weight excluding hydrogens is 340 g/mol. The van der Waals surface area contributed by atoms with Crippen LogP contribution >= 0.6 is 0 Å². The molecule has 2 saturated heterocycles. The van der Waals surface area contributed by atoms with Crippen molar-refractivity contribution < 1.29 is 17.9 Å². The number of nitrogens with one attached hydrogen (secondary N) is 1. The van der Waals surface area contributed by atoms with Gasteiger partial charge in [0, 0.05) is 26.2 Å². The van der Waals surface area contributed by atoms with Gasteiger partial charge < -0.3 is 14.8 Å². The van der Waals surface area contributed by atoms with Gasteiger partial charge in [0.05, 0.1) is 31.7 Å². The first-order valence-corrected chi connectivity index (χ1v) is 11.4. The number of sulfonamides is 1. The molecule has 2 heterocycles. The molecule has 2 aliphatic heterocycles. The Kier molecular flexibility index (Phi) is 4.68. The van der Waals surface area contributed by atoms with Crippen molar-refractivity contribution >= 4 is 10.0 Å². The van der Waals surface area contributed by atoms with E-state index in [9.17, 15) is 8.42 Å². The quantitative estimate of drug-likeness (QED) is 0.800. The Morgan fingerprint density at radius 3 is 2.60 bits per heavy atom. The fourth-order valence-corrected chi connectivity index (χ4v) is 8.36. The van der Waals surface area contributed by atoms with Gasteiger partial charge in [-0.1, -0.05) is 13.8 Å². The zero-order valence-electron chi connectivity index (χ0n) is 15.5. The first-order valence-electron chi connectivity index (χ1n) is 9.75. The van der Waals surface area contributed by atoms with Crippen molar-refractivity contribution in [2.24, 2.45) is 22.7 Å². The van der Waals surface area contributed by atoms with Crippen LogP contribution < -0.4 is 5.32 Å². The summed E-state index contributed by atoms with van der Waals surface area (Å²) in [6, 6.07) is 0. The van der Waals surface area contributed by atoms with Gasteiger partial charge in [0.15, 0.2) is 0 Å². The van der Waals surface area contributed by atoms with Crippen LogP contribution in [0.2, 0.25) is 0 Å². The largest absolute Gasteiger partial charge is 0.379 e. The third-order valence-electron chi connectivity index (χ3n) is 7.70.